The molecule has 0 heterocycles. The smallest absolute Gasteiger partial charge is 0.341 e. The lowest BCUT2D eigenvalue weighted by Crippen LogP contribution is -2.05. The molecule has 5 heteroatoms. The van der Waals surface area contributed by atoms with Crippen molar-refractivity contribution in [2.45, 2.75) is 6.92 Å². The molecule has 0 saturated carbocycles. The Hall–Kier alpha value is -1.93. The third kappa shape index (κ3) is 3.28. The van der Waals surface area contributed by atoms with Gasteiger partial charge in [0.15, 0.2) is 0 Å². The Morgan fingerprint density at radius 2 is 2.06 bits per heavy atom. The van der Waals surface area contributed by atoms with E-state index in [0.29, 0.717) is 22.0 Å². The summed E-state index contributed by atoms with van der Waals surface area (Å²) < 4.78 is 10.2. The average Bonchev–Trinajstić information content (AvgIpc) is 2.40. The zero-order valence-corrected chi connectivity index (χ0v) is 11.2. The molecule has 0 aromatic heterocycles. The normalized spacial score (nSPS) is 11.2. The van der Waals surface area contributed by atoms with E-state index >= 15 is 0 Å². The Kier molecular flexibility index (Phi) is 5.28. The molecule has 4 nitrogen and oxygen atoms in total. The summed E-state index contributed by atoms with van der Waals surface area (Å²) in [7, 11) is 1.31. The highest BCUT2D eigenvalue weighted by Crippen LogP contribution is 2.24. The van der Waals surface area contributed by atoms with Gasteiger partial charge < -0.3 is 9.47 Å². The largest absolute Gasteiger partial charge is 0.465 e. The number of esters is 1. The van der Waals surface area contributed by atoms with Crippen LogP contribution in [0.15, 0.2) is 34.9 Å². The number of benzene rings is 1. The van der Waals surface area contributed by atoms with Crippen LogP contribution in [0.1, 0.15) is 17.3 Å². The lowest BCUT2D eigenvalue weighted by molar-refractivity contribution is 0.0597. The second kappa shape index (κ2) is 6.72. The van der Waals surface area contributed by atoms with Crippen molar-refractivity contribution < 1.29 is 14.3 Å². The third-order valence-electron chi connectivity index (χ3n) is 2.18. The van der Waals surface area contributed by atoms with Gasteiger partial charge in [0.25, 0.3) is 0 Å². The fraction of sp³-hybridized carbons (Fsp3) is 0.231. The SMILES string of the molecule is COC(=O)c1ccccc1O/C(C)=C(/C#N)SC. The summed E-state index contributed by atoms with van der Waals surface area (Å²) in [6.45, 7) is 1.68. The first-order valence-electron chi connectivity index (χ1n) is 5.14. The number of para-hydroxylation sites is 1. The molecule has 0 amide bonds. The zero-order chi connectivity index (χ0) is 13.5. The third-order valence-corrected chi connectivity index (χ3v) is 2.97. The van der Waals surface area contributed by atoms with Gasteiger partial charge in [-0.2, -0.15) is 5.26 Å². The number of thioether (sulfide) groups is 1. The highest BCUT2D eigenvalue weighted by Gasteiger charge is 2.13. The van der Waals surface area contributed by atoms with Gasteiger partial charge in [-0.1, -0.05) is 12.1 Å². The summed E-state index contributed by atoms with van der Waals surface area (Å²) in [6.07, 6.45) is 1.79. The number of methoxy groups -OCH3 is 1. The number of hydrogen-bond acceptors (Lipinski definition) is 5. The van der Waals surface area contributed by atoms with E-state index in [-0.39, 0.29) is 0 Å². The Morgan fingerprint density at radius 3 is 2.61 bits per heavy atom. The molecule has 0 N–H and O–H groups in total. The van der Waals surface area contributed by atoms with Gasteiger partial charge in [-0.05, 0) is 25.3 Å². The van der Waals surface area contributed by atoms with Crippen LogP contribution in [0.3, 0.4) is 0 Å². The van der Waals surface area contributed by atoms with Gasteiger partial charge >= 0.3 is 5.97 Å². The minimum atomic E-state index is -0.471. The number of ether oxygens (including phenoxy) is 2. The maximum absolute atomic E-state index is 11.5. The number of carbonyl (C=O) groups excluding carboxylic acids is 1. The molecule has 1 rings (SSSR count). The number of hydrogen-bond donors (Lipinski definition) is 0. The standard InChI is InChI=1S/C13H13NO3S/c1-9(12(8-14)18-3)17-11-7-5-4-6-10(11)13(15)16-2/h4-7H,1-3H3/b12-9-. The van der Waals surface area contributed by atoms with Crippen molar-refractivity contribution in [3.8, 4) is 11.8 Å². The van der Waals surface area contributed by atoms with E-state index in [4.69, 9.17) is 10.00 Å². The molecule has 0 saturated heterocycles. The fourth-order valence-corrected chi connectivity index (χ4v) is 1.73. The molecule has 0 fully saturated rings. The van der Waals surface area contributed by atoms with Crippen LogP contribution in [0.4, 0.5) is 0 Å². The second-order valence-electron chi connectivity index (χ2n) is 3.29. The Balaban J connectivity index is 3.09. The molecule has 0 aliphatic rings. The van der Waals surface area contributed by atoms with Gasteiger partial charge in [0, 0.05) is 0 Å². The first-order valence-corrected chi connectivity index (χ1v) is 6.36. The summed E-state index contributed by atoms with van der Waals surface area (Å²) in [5.41, 5.74) is 0.331. The molecule has 0 bridgehead atoms. The predicted octanol–water partition coefficient (Wildman–Crippen LogP) is 2.97. The molecular formula is C13H13NO3S. The van der Waals surface area contributed by atoms with Gasteiger partial charge in [-0.3, -0.25) is 0 Å². The van der Waals surface area contributed by atoms with Crippen molar-refractivity contribution in [1.29, 1.82) is 5.26 Å². The van der Waals surface area contributed by atoms with Crippen LogP contribution in [-0.2, 0) is 4.74 Å². The summed E-state index contributed by atoms with van der Waals surface area (Å²) in [6, 6.07) is 8.77. The van der Waals surface area contributed by atoms with E-state index in [1.54, 1.807) is 37.4 Å². The molecule has 1 aromatic carbocycles. The molecule has 1 aromatic rings. The number of nitrogens with zero attached hydrogens (tertiary/aromatic N) is 1. The Morgan fingerprint density at radius 1 is 1.39 bits per heavy atom. The molecular weight excluding hydrogens is 250 g/mol. The van der Waals surface area contributed by atoms with E-state index in [1.165, 1.54) is 18.9 Å². The first-order chi connectivity index (χ1) is 8.63. The number of carbonyl (C=O) groups is 1. The topological polar surface area (TPSA) is 59.3 Å². The zero-order valence-electron chi connectivity index (χ0n) is 10.4. The molecule has 0 aliphatic heterocycles. The van der Waals surface area contributed by atoms with Crippen LogP contribution in [0.2, 0.25) is 0 Å². The maximum Gasteiger partial charge on any atom is 0.341 e. The van der Waals surface area contributed by atoms with E-state index < -0.39 is 5.97 Å². The van der Waals surface area contributed by atoms with Crippen molar-refractivity contribution in [2.24, 2.45) is 0 Å². The highest BCUT2D eigenvalue weighted by molar-refractivity contribution is 8.02. The number of allylic oxidation sites excluding steroid dienone is 2. The van der Waals surface area contributed by atoms with Gasteiger partial charge in [0.2, 0.25) is 0 Å². The minimum Gasteiger partial charge on any atom is -0.465 e. The molecule has 0 aliphatic carbocycles. The Labute approximate surface area is 110 Å². The molecule has 0 unspecified atom stereocenters. The molecule has 0 spiro atoms. The quantitative estimate of drug-likeness (QED) is 0.475. The summed E-state index contributed by atoms with van der Waals surface area (Å²) in [5.74, 6) is 0.367. The van der Waals surface area contributed by atoms with Crippen LogP contribution in [0, 0.1) is 11.3 Å². The van der Waals surface area contributed by atoms with Crippen LogP contribution < -0.4 is 4.74 Å². The van der Waals surface area contributed by atoms with E-state index in [2.05, 4.69) is 4.74 Å². The molecule has 0 atom stereocenters. The lowest BCUT2D eigenvalue weighted by Gasteiger charge is -2.10. The number of rotatable bonds is 4. The predicted molar refractivity (Wildman–Crippen MR) is 70.2 cm³/mol. The average molecular weight is 263 g/mol. The van der Waals surface area contributed by atoms with Crippen molar-refractivity contribution in [2.75, 3.05) is 13.4 Å². The van der Waals surface area contributed by atoms with Crippen molar-refractivity contribution in [3.63, 3.8) is 0 Å². The maximum atomic E-state index is 11.5. The van der Waals surface area contributed by atoms with Gasteiger partial charge in [0.05, 0.1) is 7.11 Å². The van der Waals surface area contributed by atoms with Crippen molar-refractivity contribution in [1.82, 2.24) is 0 Å². The summed E-state index contributed by atoms with van der Waals surface area (Å²) >= 11 is 1.29. The van der Waals surface area contributed by atoms with Gasteiger partial charge in [-0.25, -0.2) is 4.79 Å². The van der Waals surface area contributed by atoms with E-state index in [1.807, 2.05) is 6.07 Å². The monoisotopic (exact) mass is 263 g/mol. The van der Waals surface area contributed by atoms with E-state index in [0.717, 1.165) is 0 Å². The van der Waals surface area contributed by atoms with E-state index in [9.17, 15) is 4.79 Å². The molecule has 0 radical (unpaired) electrons. The lowest BCUT2D eigenvalue weighted by atomic mass is 10.2. The van der Waals surface area contributed by atoms with Crippen LogP contribution >= 0.6 is 11.8 Å². The highest BCUT2D eigenvalue weighted by atomic mass is 32.2. The van der Waals surface area contributed by atoms with Gasteiger partial charge in [0.1, 0.15) is 28.0 Å². The Bertz CT molecular complexity index is 517. The molecule has 94 valence electrons. The summed E-state index contributed by atoms with van der Waals surface area (Å²) in [5, 5.41) is 8.90. The van der Waals surface area contributed by atoms with Crippen molar-refractivity contribution >= 4 is 17.7 Å². The van der Waals surface area contributed by atoms with Crippen LogP contribution in [0.25, 0.3) is 0 Å². The van der Waals surface area contributed by atoms with Crippen LogP contribution in [0.5, 0.6) is 5.75 Å². The summed E-state index contributed by atoms with van der Waals surface area (Å²) in [4.78, 5) is 12.0. The van der Waals surface area contributed by atoms with Gasteiger partial charge in [-0.15, -0.1) is 11.8 Å². The molecule has 18 heavy (non-hydrogen) atoms. The van der Waals surface area contributed by atoms with Crippen LogP contribution in [-0.4, -0.2) is 19.3 Å². The van der Waals surface area contributed by atoms with Crippen molar-refractivity contribution in [3.05, 3.63) is 40.5 Å². The number of nitriles is 1. The minimum absolute atomic E-state index is 0.331. The first kappa shape index (κ1) is 14.1. The second-order valence-corrected chi connectivity index (χ2v) is 4.11. The fourth-order valence-electron chi connectivity index (χ4n) is 1.31.